The van der Waals surface area contributed by atoms with Crippen LogP contribution in [0.4, 0.5) is 14.6 Å². The number of halogens is 2. The van der Waals surface area contributed by atoms with E-state index in [2.05, 4.69) is 38.7 Å². The highest BCUT2D eigenvalue weighted by Crippen LogP contribution is 2.33. The van der Waals surface area contributed by atoms with Gasteiger partial charge in [0.1, 0.15) is 22.7 Å². The van der Waals surface area contributed by atoms with Crippen LogP contribution in [-0.4, -0.2) is 107 Å². The van der Waals surface area contributed by atoms with E-state index in [0.717, 1.165) is 13.1 Å². The van der Waals surface area contributed by atoms with Crippen molar-refractivity contribution in [3.63, 3.8) is 0 Å². The number of ether oxygens (including phenoxy) is 2. The lowest BCUT2D eigenvalue weighted by molar-refractivity contribution is -0.127. The molecule has 2 amide bonds. The molecule has 0 saturated carbocycles. The summed E-state index contributed by atoms with van der Waals surface area (Å²) in [6, 6.07) is 0.553. The highest BCUT2D eigenvalue weighted by molar-refractivity contribution is 6.00. The average molecular weight is 611 g/mol. The molecule has 2 aliphatic heterocycles. The first-order valence-electron chi connectivity index (χ1n) is 14.5. The van der Waals surface area contributed by atoms with Crippen LogP contribution in [0.25, 0.3) is 11.0 Å². The zero-order chi connectivity index (χ0) is 31.4. The second-order valence-electron chi connectivity index (χ2n) is 10.7. The number of aryl methyl sites for hydroxylation is 1. The van der Waals surface area contributed by atoms with E-state index >= 15 is 8.78 Å². The molecule has 234 valence electrons. The number of hydrogen-bond donors (Lipinski definition) is 2. The Morgan fingerprint density at radius 1 is 1.30 bits per heavy atom. The summed E-state index contributed by atoms with van der Waals surface area (Å²) in [6.07, 6.45) is 3.15. The molecule has 2 aromatic heterocycles. The van der Waals surface area contributed by atoms with Gasteiger partial charge in [-0.2, -0.15) is 5.10 Å². The molecule has 5 rings (SSSR count). The number of rotatable bonds is 10. The minimum atomic E-state index is -0.902. The van der Waals surface area contributed by atoms with Crippen molar-refractivity contribution < 1.29 is 27.8 Å². The Balaban J connectivity index is 1.54. The number of anilines is 1. The SMILES string of the molecule is C=CC(=O)N1C[C@@H](n2nc(C#Cc3c(F)cc4c(ncn4CC)c3F)c(C(N)=O)c2NCCN2CCOCC2)C[C@@H]1COC. The number of benzene rings is 1. The van der Waals surface area contributed by atoms with Gasteiger partial charge in [-0.25, -0.2) is 18.4 Å². The number of nitrogens with one attached hydrogen (secondary N) is 1. The summed E-state index contributed by atoms with van der Waals surface area (Å²) in [5, 5.41) is 7.92. The van der Waals surface area contributed by atoms with Gasteiger partial charge in [0.15, 0.2) is 11.5 Å². The van der Waals surface area contributed by atoms with E-state index in [1.54, 1.807) is 21.3 Å². The molecule has 2 aliphatic rings. The van der Waals surface area contributed by atoms with Gasteiger partial charge in [0.25, 0.3) is 5.91 Å². The molecule has 2 atom stereocenters. The van der Waals surface area contributed by atoms with Crippen LogP contribution in [-0.2, 0) is 20.8 Å². The lowest BCUT2D eigenvalue weighted by Crippen LogP contribution is -2.39. The first kappa shape index (κ1) is 31.1. The normalized spacial score (nSPS) is 18.8. The first-order valence-corrected chi connectivity index (χ1v) is 14.5. The third-order valence-electron chi connectivity index (χ3n) is 7.99. The number of hydrogen-bond acceptors (Lipinski definition) is 8. The third kappa shape index (κ3) is 6.17. The molecule has 0 spiro atoms. The summed E-state index contributed by atoms with van der Waals surface area (Å²) in [7, 11) is 1.55. The molecule has 4 heterocycles. The number of nitrogens with zero attached hydrogens (tertiary/aromatic N) is 6. The number of fused-ring (bicyclic) bond motifs is 1. The van der Waals surface area contributed by atoms with Gasteiger partial charge in [0.2, 0.25) is 5.91 Å². The molecule has 44 heavy (non-hydrogen) atoms. The number of likely N-dealkylation sites (tertiary alicyclic amines) is 1. The fourth-order valence-corrected chi connectivity index (χ4v) is 5.77. The van der Waals surface area contributed by atoms with Crippen LogP contribution < -0.4 is 11.1 Å². The van der Waals surface area contributed by atoms with Crippen LogP contribution in [0.5, 0.6) is 0 Å². The van der Waals surface area contributed by atoms with Crippen molar-refractivity contribution in [2.24, 2.45) is 5.73 Å². The van der Waals surface area contributed by atoms with Crippen molar-refractivity contribution in [1.29, 1.82) is 0 Å². The fraction of sp³-hybridized carbons (Fsp3) is 0.467. The molecular formula is C30H36F2N8O4. The van der Waals surface area contributed by atoms with Crippen LogP contribution in [0.3, 0.4) is 0 Å². The number of amides is 2. The molecule has 12 nitrogen and oxygen atoms in total. The molecule has 0 radical (unpaired) electrons. The van der Waals surface area contributed by atoms with Gasteiger partial charge in [-0.3, -0.25) is 14.5 Å². The van der Waals surface area contributed by atoms with Crippen molar-refractivity contribution in [3.8, 4) is 11.8 Å². The summed E-state index contributed by atoms with van der Waals surface area (Å²) >= 11 is 0. The molecule has 0 aliphatic carbocycles. The van der Waals surface area contributed by atoms with E-state index in [-0.39, 0.29) is 41.3 Å². The van der Waals surface area contributed by atoms with E-state index in [1.165, 1.54) is 18.5 Å². The minimum absolute atomic E-state index is 0.00609. The molecule has 1 aromatic carbocycles. The Morgan fingerprint density at radius 3 is 2.75 bits per heavy atom. The number of nitrogens with two attached hydrogens (primary N) is 1. The summed E-state index contributed by atoms with van der Waals surface area (Å²) in [5.41, 5.74) is 5.62. The predicted molar refractivity (Wildman–Crippen MR) is 159 cm³/mol. The van der Waals surface area contributed by atoms with E-state index in [9.17, 15) is 9.59 Å². The number of imidazole rings is 1. The van der Waals surface area contributed by atoms with Gasteiger partial charge >= 0.3 is 0 Å². The van der Waals surface area contributed by atoms with Crippen molar-refractivity contribution >= 4 is 28.7 Å². The topological polar surface area (TPSA) is 133 Å². The smallest absolute Gasteiger partial charge is 0.255 e. The quantitative estimate of drug-likeness (QED) is 0.262. The third-order valence-corrected chi connectivity index (χ3v) is 7.99. The Kier molecular flexibility index (Phi) is 9.58. The van der Waals surface area contributed by atoms with Crippen LogP contribution in [0, 0.1) is 23.5 Å². The lowest BCUT2D eigenvalue weighted by atomic mass is 10.1. The van der Waals surface area contributed by atoms with Gasteiger partial charge in [0, 0.05) is 52.4 Å². The molecule has 3 aromatic rings. The summed E-state index contributed by atoms with van der Waals surface area (Å²) < 4.78 is 44.5. The van der Waals surface area contributed by atoms with E-state index < -0.39 is 23.1 Å². The molecule has 2 fully saturated rings. The second-order valence-corrected chi connectivity index (χ2v) is 10.7. The van der Waals surface area contributed by atoms with Crippen LogP contribution >= 0.6 is 0 Å². The monoisotopic (exact) mass is 610 g/mol. The Bertz CT molecular complexity index is 1620. The van der Waals surface area contributed by atoms with E-state index in [0.29, 0.717) is 57.2 Å². The number of carbonyl (C=O) groups is 2. The maximum absolute atomic E-state index is 15.4. The maximum Gasteiger partial charge on any atom is 0.255 e. The van der Waals surface area contributed by atoms with Crippen molar-refractivity contribution in [2.45, 2.75) is 32.0 Å². The van der Waals surface area contributed by atoms with Crippen LogP contribution in [0.15, 0.2) is 25.0 Å². The lowest BCUT2D eigenvalue weighted by Gasteiger charge is -2.27. The molecule has 14 heteroatoms. The van der Waals surface area contributed by atoms with Gasteiger partial charge in [0.05, 0.1) is 49.3 Å². The Hall–Kier alpha value is -4.32. The number of aromatic nitrogens is 4. The molecule has 3 N–H and O–H groups in total. The highest BCUT2D eigenvalue weighted by atomic mass is 19.1. The van der Waals surface area contributed by atoms with Crippen LogP contribution in [0.2, 0.25) is 0 Å². The minimum Gasteiger partial charge on any atom is -0.383 e. The largest absolute Gasteiger partial charge is 0.383 e. The summed E-state index contributed by atoms with van der Waals surface area (Å²) in [4.78, 5) is 33.4. The van der Waals surface area contributed by atoms with E-state index in [1.807, 2.05) is 6.92 Å². The molecular weight excluding hydrogens is 574 g/mol. The number of methoxy groups -OCH3 is 1. The zero-order valence-electron chi connectivity index (χ0n) is 24.8. The first-order chi connectivity index (χ1) is 21.3. The maximum atomic E-state index is 15.4. The molecule has 0 unspecified atom stereocenters. The van der Waals surface area contributed by atoms with Crippen molar-refractivity contribution in [3.05, 3.63) is 53.5 Å². The summed E-state index contributed by atoms with van der Waals surface area (Å²) in [6.45, 7) is 10.4. The number of morpholine rings is 1. The average Bonchev–Trinajstić information content (AvgIpc) is 3.72. The standard InChI is InChI=1S/C30H36F2N8O4/c1-4-25(41)39-16-19(14-20(39)17-43-3)40-30(34-8-9-37-10-12-44-13-11-37)26(29(33)42)23(36-40)7-6-21-22(31)15-24-28(27(21)32)35-18-38(24)5-2/h4,15,18-20,34H,1,5,8-14,16-17H2,2-3H3,(H2,33,42)/t19-,20+/m0/s1. The van der Waals surface area contributed by atoms with Crippen molar-refractivity contribution in [2.75, 3.05) is 65.0 Å². The Labute approximate surface area is 253 Å². The van der Waals surface area contributed by atoms with Crippen molar-refractivity contribution in [1.82, 2.24) is 29.1 Å². The highest BCUT2D eigenvalue weighted by Gasteiger charge is 2.38. The fourth-order valence-electron chi connectivity index (χ4n) is 5.77. The van der Waals surface area contributed by atoms with Gasteiger partial charge < -0.3 is 30.0 Å². The zero-order valence-corrected chi connectivity index (χ0v) is 24.8. The van der Waals surface area contributed by atoms with Crippen LogP contribution in [0.1, 0.15) is 41.0 Å². The van der Waals surface area contributed by atoms with E-state index in [4.69, 9.17) is 15.2 Å². The molecule has 2 saturated heterocycles. The predicted octanol–water partition coefficient (Wildman–Crippen LogP) is 1.75. The number of carbonyl (C=O) groups excluding carboxylic acids is 2. The Morgan fingerprint density at radius 2 is 2.07 bits per heavy atom. The summed E-state index contributed by atoms with van der Waals surface area (Å²) in [5.74, 6) is 2.72. The number of primary amides is 1. The second kappa shape index (κ2) is 13.5. The molecule has 0 bridgehead atoms. The van der Waals surface area contributed by atoms with Gasteiger partial charge in [-0.1, -0.05) is 12.5 Å². The van der Waals surface area contributed by atoms with Gasteiger partial charge in [-0.05, 0) is 25.3 Å². The van der Waals surface area contributed by atoms with Gasteiger partial charge in [-0.15, -0.1) is 0 Å².